The van der Waals surface area contributed by atoms with Crippen LogP contribution in [0.25, 0.3) is 0 Å². The van der Waals surface area contributed by atoms with Gasteiger partial charge < -0.3 is 9.47 Å². The zero-order valence-electron chi connectivity index (χ0n) is 15.6. The lowest BCUT2D eigenvalue weighted by Crippen LogP contribution is -2.31. The fourth-order valence-electron chi connectivity index (χ4n) is 3.96. The van der Waals surface area contributed by atoms with E-state index in [1.807, 2.05) is 0 Å². The molecule has 0 radical (unpaired) electrons. The van der Waals surface area contributed by atoms with Crippen LogP contribution in [0, 0.1) is 6.92 Å². The summed E-state index contributed by atoms with van der Waals surface area (Å²) in [7, 11) is 0. The summed E-state index contributed by atoms with van der Waals surface area (Å²) >= 11 is 7.43. The number of ether oxygens (including phenoxy) is 2. The van der Waals surface area contributed by atoms with Crippen molar-refractivity contribution < 1.29 is 9.47 Å². The second kappa shape index (κ2) is 8.64. The number of halogens is 2. The molecule has 2 aromatic rings. The van der Waals surface area contributed by atoms with E-state index >= 15 is 0 Å². The number of nitrogens with zero attached hydrogens (tertiary/aromatic N) is 1. The molecule has 5 heteroatoms. The van der Waals surface area contributed by atoms with E-state index in [1.165, 1.54) is 33.1 Å². The number of fused-ring (bicyclic) bond motifs is 1. The Morgan fingerprint density at radius 3 is 2.74 bits per heavy atom. The lowest BCUT2D eigenvalue weighted by molar-refractivity contribution is 0.0678. The molecule has 0 aromatic heterocycles. The molecule has 2 heterocycles. The monoisotopic (exact) mass is 493 g/mol. The minimum absolute atomic E-state index is 0.343. The van der Waals surface area contributed by atoms with Crippen LogP contribution in [0.5, 0.6) is 5.75 Å². The number of hydrogen-bond acceptors (Lipinski definition) is 3. The summed E-state index contributed by atoms with van der Waals surface area (Å²) in [5.41, 5.74) is 5.24. The SMILES string of the molecule is Cc1ccc(CN(Cc2cc(Br)c3c(c2)CCO3)CC2CCCO2)c(Br)c1. The van der Waals surface area contributed by atoms with Gasteiger partial charge in [0.25, 0.3) is 0 Å². The Balaban J connectivity index is 1.55. The molecule has 0 amide bonds. The summed E-state index contributed by atoms with van der Waals surface area (Å²) in [6.45, 7) is 6.59. The second-order valence-corrected chi connectivity index (χ2v) is 9.27. The van der Waals surface area contributed by atoms with Gasteiger partial charge in [0.05, 0.1) is 17.2 Å². The Morgan fingerprint density at radius 1 is 1.07 bits per heavy atom. The summed E-state index contributed by atoms with van der Waals surface area (Å²) in [6, 6.07) is 11.1. The molecule has 1 fully saturated rings. The third-order valence-corrected chi connectivity index (χ3v) is 6.62. The van der Waals surface area contributed by atoms with Gasteiger partial charge in [-0.05, 0) is 70.1 Å². The van der Waals surface area contributed by atoms with E-state index in [0.717, 1.165) is 55.9 Å². The standard InChI is InChI=1S/C22H25Br2NO2/c1-15-4-5-18(20(23)9-15)13-25(14-19-3-2-7-26-19)12-16-10-17-6-8-27-22(17)21(24)11-16/h4-5,9-11,19H,2-3,6-8,12-14H2,1H3. The molecule has 2 aliphatic rings. The van der Waals surface area contributed by atoms with Crippen molar-refractivity contribution in [1.82, 2.24) is 4.90 Å². The van der Waals surface area contributed by atoms with Crippen molar-refractivity contribution in [3.8, 4) is 5.75 Å². The van der Waals surface area contributed by atoms with Crippen molar-refractivity contribution >= 4 is 31.9 Å². The molecule has 1 saturated heterocycles. The number of benzene rings is 2. The highest BCUT2D eigenvalue weighted by molar-refractivity contribution is 9.10. The van der Waals surface area contributed by atoms with Gasteiger partial charge in [-0.1, -0.05) is 34.1 Å². The number of rotatable bonds is 6. The van der Waals surface area contributed by atoms with E-state index in [4.69, 9.17) is 9.47 Å². The van der Waals surface area contributed by atoms with Crippen molar-refractivity contribution in [2.24, 2.45) is 0 Å². The van der Waals surface area contributed by atoms with E-state index in [1.54, 1.807) is 0 Å². The Bertz CT molecular complexity index is 818. The minimum Gasteiger partial charge on any atom is -0.492 e. The molecular formula is C22H25Br2NO2. The average Bonchev–Trinajstić information content (AvgIpc) is 3.29. The summed E-state index contributed by atoms with van der Waals surface area (Å²) in [4.78, 5) is 2.51. The van der Waals surface area contributed by atoms with Crippen molar-refractivity contribution in [2.45, 2.75) is 45.4 Å². The van der Waals surface area contributed by atoms with Crippen LogP contribution in [0.15, 0.2) is 39.3 Å². The van der Waals surface area contributed by atoms with Crippen LogP contribution in [0.3, 0.4) is 0 Å². The van der Waals surface area contributed by atoms with Gasteiger partial charge in [-0.3, -0.25) is 4.90 Å². The highest BCUT2D eigenvalue weighted by Gasteiger charge is 2.22. The van der Waals surface area contributed by atoms with Crippen LogP contribution >= 0.6 is 31.9 Å². The summed E-state index contributed by atoms with van der Waals surface area (Å²) in [5, 5.41) is 0. The van der Waals surface area contributed by atoms with Gasteiger partial charge in [-0.25, -0.2) is 0 Å². The Morgan fingerprint density at radius 2 is 1.96 bits per heavy atom. The van der Waals surface area contributed by atoms with Crippen LogP contribution in [0.1, 0.15) is 35.1 Å². The molecule has 0 saturated carbocycles. The summed E-state index contributed by atoms with van der Waals surface area (Å²) < 4.78 is 13.9. The van der Waals surface area contributed by atoms with Crippen LogP contribution in [-0.2, 0) is 24.2 Å². The van der Waals surface area contributed by atoms with Crippen LogP contribution in [0.2, 0.25) is 0 Å². The second-order valence-electron chi connectivity index (χ2n) is 7.56. The molecular weight excluding hydrogens is 470 g/mol. The zero-order chi connectivity index (χ0) is 18.8. The van der Waals surface area contributed by atoms with Gasteiger partial charge in [0.1, 0.15) is 5.75 Å². The maximum atomic E-state index is 5.92. The molecule has 0 spiro atoms. The Kier molecular flexibility index (Phi) is 6.22. The van der Waals surface area contributed by atoms with Crippen LogP contribution < -0.4 is 4.74 Å². The van der Waals surface area contributed by atoms with Crippen molar-refractivity contribution in [1.29, 1.82) is 0 Å². The lowest BCUT2D eigenvalue weighted by atomic mass is 10.1. The molecule has 1 unspecified atom stereocenters. The maximum absolute atomic E-state index is 5.92. The molecule has 2 aliphatic heterocycles. The normalized spacial score (nSPS) is 18.7. The van der Waals surface area contributed by atoms with Gasteiger partial charge in [0.2, 0.25) is 0 Å². The Hall–Kier alpha value is -0.880. The molecule has 4 rings (SSSR count). The predicted octanol–water partition coefficient (Wildman–Crippen LogP) is 5.64. The molecule has 144 valence electrons. The quantitative estimate of drug-likeness (QED) is 0.519. The van der Waals surface area contributed by atoms with Gasteiger partial charge in [-0.15, -0.1) is 0 Å². The van der Waals surface area contributed by atoms with Gasteiger partial charge in [-0.2, -0.15) is 0 Å². The first-order chi connectivity index (χ1) is 13.1. The van der Waals surface area contributed by atoms with Crippen molar-refractivity contribution in [3.05, 3.63) is 61.5 Å². The predicted molar refractivity (Wildman–Crippen MR) is 115 cm³/mol. The molecule has 2 aromatic carbocycles. The van der Waals surface area contributed by atoms with Gasteiger partial charge in [0.15, 0.2) is 0 Å². The maximum Gasteiger partial charge on any atom is 0.136 e. The lowest BCUT2D eigenvalue weighted by Gasteiger charge is -2.26. The highest BCUT2D eigenvalue weighted by Crippen LogP contribution is 2.35. The van der Waals surface area contributed by atoms with Crippen molar-refractivity contribution in [3.63, 3.8) is 0 Å². The summed E-state index contributed by atoms with van der Waals surface area (Å²) in [6.07, 6.45) is 3.68. The van der Waals surface area contributed by atoms with Gasteiger partial charge in [0, 0.05) is 37.1 Å². The van der Waals surface area contributed by atoms with Crippen LogP contribution in [0.4, 0.5) is 0 Å². The highest BCUT2D eigenvalue weighted by atomic mass is 79.9. The van der Waals surface area contributed by atoms with E-state index in [2.05, 4.69) is 74.0 Å². The van der Waals surface area contributed by atoms with E-state index in [-0.39, 0.29) is 0 Å². The van der Waals surface area contributed by atoms with Gasteiger partial charge >= 0.3 is 0 Å². The zero-order valence-corrected chi connectivity index (χ0v) is 18.8. The molecule has 1 atom stereocenters. The largest absolute Gasteiger partial charge is 0.492 e. The number of hydrogen-bond donors (Lipinski definition) is 0. The fraction of sp³-hybridized carbons (Fsp3) is 0.455. The molecule has 0 bridgehead atoms. The molecule has 0 aliphatic carbocycles. The average molecular weight is 495 g/mol. The van der Waals surface area contributed by atoms with E-state index < -0.39 is 0 Å². The fourth-order valence-corrected chi connectivity index (χ4v) is 5.24. The third-order valence-electron chi connectivity index (χ3n) is 5.29. The Labute approximate surface area is 178 Å². The molecule has 3 nitrogen and oxygen atoms in total. The minimum atomic E-state index is 0.343. The van der Waals surface area contributed by atoms with Crippen LogP contribution in [-0.4, -0.2) is 30.8 Å². The van der Waals surface area contributed by atoms with E-state index in [9.17, 15) is 0 Å². The third kappa shape index (κ3) is 4.76. The smallest absolute Gasteiger partial charge is 0.136 e. The molecule has 27 heavy (non-hydrogen) atoms. The molecule has 0 N–H and O–H groups in total. The first kappa shape index (κ1) is 19.4. The van der Waals surface area contributed by atoms with E-state index in [0.29, 0.717) is 6.10 Å². The first-order valence-corrected chi connectivity index (χ1v) is 11.2. The summed E-state index contributed by atoms with van der Waals surface area (Å²) in [5.74, 6) is 1.02. The first-order valence-electron chi connectivity index (χ1n) is 9.61. The number of aryl methyl sites for hydroxylation is 1. The topological polar surface area (TPSA) is 21.7 Å². The van der Waals surface area contributed by atoms with Crippen molar-refractivity contribution in [2.75, 3.05) is 19.8 Å².